The number of benzene rings is 1. The first kappa shape index (κ1) is 9.51. The lowest BCUT2D eigenvalue weighted by Crippen LogP contribution is -2.24. The Hall–Kier alpha value is -2.04. The van der Waals surface area contributed by atoms with Crippen molar-refractivity contribution in [2.45, 2.75) is 0 Å². The molecular weight excluding hydrogens is 198 g/mol. The second-order valence-electron chi connectivity index (χ2n) is 3.21. The van der Waals surface area contributed by atoms with E-state index in [0.717, 1.165) is 4.90 Å². The first-order chi connectivity index (χ1) is 7.07. The maximum absolute atomic E-state index is 11.6. The Kier molecular flexibility index (Phi) is 1.89. The molecule has 1 aromatic rings. The van der Waals surface area contributed by atoms with Gasteiger partial charge in [-0.1, -0.05) is 0 Å². The molecule has 2 rings (SSSR count). The predicted octanol–water partition coefficient (Wildman–Crippen LogP) is 0.627. The van der Waals surface area contributed by atoms with Crippen molar-refractivity contribution in [3.8, 4) is 11.5 Å². The molecule has 0 atom stereocenters. The summed E-state index contributed by atoms with van der Waals surface area (Å²) < 4.78 is 4.86. The number of aromatic hydroxyl groups is 1. The molecule has 1 aliphatic heterocycles. The Morgan fingerprint density at radius 1 is 1.27 bits per heavy atom. The Morgan fingerprint density at radius 3 is 2.53 bits per heavy atom. The zero-order chi connectivity index (χ0) is 11.2. The molecule has 0 aliphatic carbocycles. The molecule has 2 amide bonds. The van der Waals surface area contributed by atoms with Gasteiger partial charge in [0.1, 0.15) is 0 Å². The van der Waals surface area contributed by atoms with E-state index in [-0.39, 0.29) is 22.6 Å². The van der Waals surface area contributed by atoms with Crippen molar-refractivity contribution in [1.82, 2.24) is 4.90 Å². The van der Waals surface area contributed by atoms with Crippen LogP contribution in [0, 0.1) is 0 Å². The molecule has 1 aromatic carbocycles. The number of phenolic OH excluding ortho intramolecular Hbond substituents is 1. The fraction of sp³-hybridized carbons (Fsp3) is 0.200. The summed E-state index contributed by atoms with van der Waals surface area (Å²) in [5, 5.41) is 9.69. The van der Waals surface area contributed by atoms with Gasteiger partial charge in [-0.15, -0.1) is 0 Å². The second kappa shape index (κ2) is 2.98. The highest BCUT2D eigenvalue weighted by molar-refractivity contribution is 6.22. The van der Waals surface area contributed by atoms with Crippen molar-refractivity contribution in [3.05, 3.63) is 23.3 Å². The van der Waals surface area contributed by atoms with E-state index >= 15 is 0 Å². The third-order valence-corrected chi connectivity index (χ3v) is 2.41. The first-order valence-electron chi connectivity index (χ1n) is 4.30. The van der Waals surface area contributed by atoms with Crippen LogP contribution in [0.25, 0.3) is 0 Å². The molecule has 0 radical (unpaired) electrons. The fourth-order valence-corrected chi connectivity index (χ4v) is 1.57. The molecule has 15 heavy (non-hydrogen) atoms. The van der Waals surface area contributed by atoms with Crippen LogP contribution in [0.15, 0.2) is 12.1 Å². The molecule has 1 aliphatic rings. The van der Waals surface area contributed by atoms with Crippen LogP contribution in [0.3, 0.4) is 0 Å². The number of amides is 2. The highest BCUT2D eigenvalue weighted by atomic mass is 16.5. The van der Waals surface area contributed by atoms with Gasteiger partial charge in [-0.2, -0.15) is 0 Å². The first-order valence-corrected chi connectivity index (χ1v) is 4.30. The summed E-state index contributed by atoms with van der Waals surface area (Å²) in [6.45, 7) is 0. The second-order valence-corrected chi connectivity index (χ2v) is 3.21. The van der Waals surface area contributed by atoms with Gasteiger partial charge in [0.2, 0.25) is 0 Å². The number of rotatable bonds is 1. The fourth-order valence-electron chi connectivity index (χ4n) is 1.57. The van der Waals surface area contributed by atoms with E-state index in [9.17, 15) is 14.7 Å². The number of methoxy groups -OCH3 is 1. The lowest BCUT2D eigenvalue weighted by Gasteiger charge is -2.05. The Bertz CT molecular complexity index is 467. The molecule has 0 aromatic heterocycles. The molecule has 78 valence electrons. The van der Waals surface area contributed by atoms with E-state index < -0.39 is 11.8 Å². The van der Waals surface area contributed by atoms with E-state index in [2.05, 4.69) is 0 Å². The average molecular weight is 207 g/mol. The van der Waals surface area contributed by atoms with Gasteiger partial charge in [-0.25, -0.2) is 0 Å². The van der Waals surface area contributed by atoms with Gasteiger partial charge >= 0.3 is 0 Å². The van der Waals surface area contributed by atoms with Crippen LogP contribution in [0.1, 0.15) is 20.7 Å². The normalized spacial score (nSPS) is 14.4. The molecule has 1 N–H and O–H groups in total. The van der Waals surface area contributed by atoms with Crippen LogP contribution < -0.4 is 4.74 Å². The summed E-state index contributed by atoms with van der Waals surface area (Å²) in [4.78, 5) is 24.1. The topological polar surface area (TPSA) is 66.8 Å². The van der Waals surface area contributed by atoms with Crippen LogP contribution in [0.4, 0.5) is 0 Å². The highest BCUT2D eigenvalue weighted by Gasteiger charge is 2.36. The van der Waals surface area contributed by atoms with Crippen molar-refractivity contribution in [3.63, 3.8) is 0 Å². The minimum atomic E-state index is -0.508. The number of carbonyl (C=O) groups is 2. The number of nitrogens with zero attached hydrogens (tertiary/aromatic N) is 1. The summed E-state index contributed by atoms with van der Waals surface area (Å²) >= 11 is 0. The van der Waals surface area contributed by atoms with Gasteiger partial charge in [-0.05, 0) is 12.1 Å². The molecule has 0 unspecified atom stereocenters. The largest absolute Gasteiger partial charge is 0.504 e. The van der Waals surface area contributed by atoms with Gasteiger partial charge < -0.3 is 9.84 Å². The van der Waals surface area contributed by atoms with Crippen LogP contribution >= 0.6 is 0 Å². The molecule has 0 saturated heterocycles. The maximum Gasteiger partial charge on any atom is 0.265 e. The van der Waals surface area contributed by atoms with Gasteiger partial charge in [-0.3, -0.25) is 14.5 Å². The van der Waals surface area contributed by atoms with Gasteiger partial charge in [0.25, 0.3) is 11.8 Å². The number of carbonyl (C=O) groups excluding carboxylic acids is 2. The molecule has 0 spiro atoms. The number of ether oxygens (including phenoxy) is 1. The predicted molar refractivity (Wildman–Crippen MR) is 51.1 cm³/mol. The average Bonchev–Trinajstić information content (AvgIpc) is 2.45. The third kappa shape index (κ3) is 1.09. The SMILES string of the molecule is COc1ccc2c(c1O)C(=O)N(C)C2=O. The van der Waals surface area contributed by atoms with Gasteiger partial charge in [0, 0.05) is 7.05 Å². The quantitative estimate of drug-likeness (QED) is 0.686. The van der Waals surface area contributed by atoms with E-state index in [4.69, 9.17) is 4.74 Å². The van der Waals surface area contributed by atoms with Crippen LogP contribution in [-0.2, 0) is 0 Å². The zero-order valence-corrected chi connectivity index (χ0v) is 8.27. The number of hydrogen-bond donors (Lipinski definition) is 1. The molecule has 1 heterocycles. The van der Waals surface area contributed by atoms with Crippen molar-refractivity contribution in [2.24, 2.45) is 0 Å². The number of imide groups is 1. The van der Waals surface area contributed by atoms with Crippen molar-refractivity contribution in [1.29, 1.82) is 0 Å². The van der Waals surface area contributed by atoms with Crippen molar-refractivity contribution >= 4 is 11.8 Å². The third-order valence-electron chi connectivity index (χ3n) is 2.41. The summed E-state index contributed by atoms with van der Waals surface area (Å²) in [7, 11) is 2.75. The van der Waals surface area contributed by atoms with E-state index in [1.807, 2.05) is 0 Å². The van der Waals surface area contributed by atoms with Crippen molar-refractivity contribution < 1.29 is 19.4 Å². The Labute approximate surface area is 85.9 Å². The standard InChI is InChI=1S/C10H9NO4/c1-11-9(13)5-3-4-6(15-2)8(12)7(5)10(11)14/h3-4,12H,1-2H3. The number of fused-ring (bicyclic) bond motifs is 1. The zero-order valence-electron chi connectivity index (χ0n) is 8.27. The molecule has 0 fully saturated rings. The number of phenols is 1. The van der Waals surface area contributed by atoms with E-state index in [1.54, 1.807) is 0 Å². The smallest absolute Gasteiger partial charge is 0.265 e. The monoisotopic (exact) mass is 207 g/mol. The molecule has 0 saturated carbocycles. The molecule has 5 nitrogen and oxygen atoms in total. The molecule has 0 bridgehead atoms. The molecule has 5 heteroatoms. The number of hydrogen-bond acceptors (Lipinski definition) is 4. The molecular formula is C10H9NO4. The lowest BCUT2D eigenvalue weighted by molar-refractivity contribution is 0.0692. The maximum atomic E-state index is 11.6. The van der Waals surface area contributed by atoms with E-state index in [0.29, 0.717) is 0 Å². The summed E-state index contributed by atoms with van der Waals surface area (Å²) in [6, 6.07) is 2.93. The minimum absolute atomic E-state index is 0.0156. The summed E-state index contributed by atoms with van der Waals surface area (Å²) in [6.07, 6.45) is 0. The van der Waals surface area contributed by atoms with Gasteiger partial charge in [0.05, 0.1) is 18.2 Å². The van der Waals surface area contributed by atoms with Gasteiger partial charge in [0.15, 0.2) is 11.5 Å². The van der Waals surface area contributed by atoms with Crippen LogP contribution in [-0.4, -0.2) is 36.0 Å². The lowest BCUT2D eigenvalue weighted by atomic mass is 10.1. The van der Waals surface area contributed by atoms with Crippen molar-refractivity contribution in [2.75, 3.05) is 14.2 Å². The van der Waals surface area contributed by atoms with E-state index in [1.165, 1.54) is 26.3 Å². The summed E-state index contributed by atoms with van der Waals surface area (Å²) in [5.41, 5.74) is 0.225. The minimum Gasteiger partial charge on any atom is -0.504 e. The Balaban J connectivity index is 2.70. The van der Waals surface area contributed by atoms with Crippen LogP contribution in [0.2, 0.25) is 0 Å². The highest BCUT2D eigenvalue weighted by Crippen LogP contribution is 2.36. The van der Waals surface area contributed by atoms with Crippen LogP contribution in [0.5, 0.6) is 11.5 Å². The Morgan fingerprint density at radius 2 is 1.93 bits per heavy atom. The summed E-state index contributed by atoms with van der Waals surface area (Å²) in [5.74, 6) is -1.01.